The van der Waals surface area contributed by atoms with Crippen molar-refractivity contribution in [1.82, 2.24) is 5.32 Å². The maximum atomic E-state index is 7.57. The van der Waals surface area contributed by atoms with Gasteiger partial charge in [-0.25, -0.2) is 0 Å². The molecule has 0 atom stereocenters. The largest absolute Gasteiger partial charge is 0.397 e. The summed E-state index contributed by atoms with van der Waals surface area (Å²) >= 11 is 0. The summed E-state index contributed by atoms with van der Waals surface area (Å²) in [6.07, 6.45) is 6.89. The monoisotopic (exact) mass is 231 g/mol. The van der Waals surface area contributed by atoms with E-state index in [0.29, 0.717) is 5.41 Å². The minimum Gasteiger partial charge on any atom is -0.397 e. The van der Waals surface area contributed by atoms with Gasteiger partial charge in [-0.05, 0) is 31.8 Å². The van der Waals surface area contributed by atoms with E-state index in [9.17, 15) is 0 Å². The van der Waals surface area contributed by atoms with Crippen molar-refractivity contribution in [2.24, 2.45) is 5.41 Å². The molecule has 0 radical (unpaired) electrons. The number of hydrogen-bond donors (Lipinski definition) is 2. The molecule has 2 heteroatoms. The van der Waals surface area contributed by atoms with Crippen LogP contribution in [-0.4, -0.2) is 24.8 Å². The first kappa shape index (κ1) is 18.3. The van der Waals surface area contributed by atoms with Crippen LogP contribution in [0.15, 0.2) is 0 Å². The number of nitrogens with one attached hydrogen (secondary N) is 1. The van der Waals surface area contributed by atoms with Crippen LogP contribution in [0, 0.1) is 5.41 Å². The van der Waals surface area contributed by atoms with Crippen molar-refractivity contribution in [3.8, 4) is 0 Å². The zero-order valence-corrected chi connectivity index (χ0v) is 12.1. The lowest BCUT2D eigenvalue weighted by Crippen LogP contribution is -2.27. The van der Waals surface area contributed by atoms with Crippen LogP contribution in [-0.2, 0) is 0 Å². The lowest BCUT2D eigenvalue weighted by molar-refractivity contribution is 0.318. The normalized spacial score (nSPS) is 10.9. The Morgan fingerprint density at radius 2 is 1.44 bits per heavy atom. The van der Waals surface area contributed by atoms with Crippen LogP contribution in [0.5, 0.6) is 0 Å². The zero-order chi connectivity index (χ0) is 12.9. The van der Waals surface area contributed by atoms with Gasteiger partial charge in [0.1, 0.15) is 0 Å². The van der Waals surface area contributed by atoms with Crippen molar-refractivity contribution in [3.05, 3.63) is 0 Å². The summed E-state index contributed by atoms with van der Waals surface area (Å²) in [6.45, 7) is 13.4. The molecule has 0 amide bonds. The highest BCUT2D eigenvalue weighted by molar-refractivity contribution is 4.64. The molecule has 0 aromatic heterocycles. The van der Waals surface area contributed by atoms with E-state index in [-0.39, 0.29) is 6.61 Å². The second kappa shape index (κ2) is 13.0. The molecule has 0 aliphatic carbocycles. The van der Waals surface area contributed by atoms with Gasteiger partial charge in [0.05, 0.1) is 0 Å². The van der Waals surface area contributed by atoms with Gasteiger partial charge < -0.3 is 10.4 Å². The Kier molecular flexibility index (Phi) is 14.8. The third-order valence-corrected chi connectivity index (χ3v) is 2.11. The van der Waals surface area contributed by atoms with Crippen LogP contribution in [0.1, 0.15) is 66.7 Å². The summed E-state index contributed by atoms with van der Waals surface area (Å²) in [5.74, 6) is 0. The van der Waals surface area contributed by atoms with Crippen molar-refractivity contribution in [3.63, 3.8) is 0 Å². The minimum atomic E-state index is 0.250. The first-order valence-electron chi connectivity index (χ1n) is 6.79. The lowest BCUT2D eigenvalue weighted by atomic mass is 9.97. The predicted molar refractivity (Wildman–Crippen MR) is 73.8 cm³/mol. The predicted octanol–water partition coefficient (Wildman–Crippen LogP) is 3.59. The summed E-state index contributed by atoms with van der Waals surface area (Å²) in [6, 6.07) is 0. The first-order valence-corrected chi connectivity index (χ1v) is 6.79. The standard InChI is InChI=1S/C12H27N.C2H6O/c1-5-6-7-8-9-10-13-11-12(2,3)4;1-2-3/h13H,5-11H2,1-4H3;3H,2H2,1H3. The van der Waals surface area contributed by atoms with Crippen molar-refractivity contribution in [2.45, 2.75) is 66.7 Å². The highest BCUT2D eigenvalue weighted by Crippen LogP contribution is 2.10. The fourth-order valence-corrected chi connectivity index (χ4v) is 1.32. The number of aliphatic hydroxyl groups is 1. The highest BCUT2D eigenvalue weighted by atomic mass is 16.2. The first-order chi connectivity index (χ1) is 7.47. The molecule has 0 rings (SSSR count). The molecule has 0 aromatic rings. The number of hydrogen-bond acceptors (Lipinski definition) is 2. The van der Waals surface area contributed by atoms with Gasteiger partial charge in [0.15, 0.2) is 0 Å². The van der Waals surface area contributed by atoms with Gasteiger partial charge >= 0.3 is 0 Å². The Morgan fingerprint density at radius 3 is 1.88 bits per heavy atom. The Bertz CT molecular complexity index is 118. The van der Waals surface area contributed by atoms with E-state index in [2.05, 4.69) is 33.0 Å². The average Bonchev–Trinajstić information content (AvgIpc) is 2.16. The van der Waals surface area contributed by atoms with Gasteiger partial charge in [-0.2, -0.15) is 0 Å². The molecule has 0 aromatic carbocycles. The molecular weight excluding hydrogens is 198 g/mol. The molecular formula is C14H33NO. The fraction of sp³-hybridized carbons (Fsp3) is 1.00. The van der Waals surface area contributed by atoms with Gasteiger partial charge in [-0.3, -0.25) is 0 Å². The third-order valence-electron chi connectivity index (χ3n) is 2.11. The Balaban J connectivity index is 0. The quantitative estimate of drug-likeness (QED) is 0.656. The molecule has 0 aliphatic rings. The number of rotatable bonds is 7. The maximum absolute atomic E-state index is 7.57. The van der Waals surface area contributed by atoms with Crippen LogP contribution in [0.4, 0.5) is 0 Å². The van der Waals surface area contributed by atoms with Crippen LogP contribution in [0.25, 0.3) is 0 Å². The summed E-state index contributed by atoms with van der Waals surface area (Å²) in [5.41, 5.74) is 0.434. The van der Waals surface area contributed by atoms with Crippen LogP contribution >= 0.6 is 0 Å². The van der Waals surface area contributed by atoms with Crippen LogP contribution < -0.4 is 5.32 Å². The molecule has 0 spiro atoms. The molecule has 0 saturated heterocycles. The van der Waals surface area contributed by atoms with Crippen LogP contribution in [0.3, 0.4) is 0 Å². The minimum absolute atomic E-state index is 0.250. The number of unbranched alkanes of at least 4 members (excludes halogenated alkanes) is 4. The van der Waals surface area contributed by atoms with E-state index in [4.69, 9.17) is 5.11 Å². The zero-order valence-electron chi connectivity index (χ0n) is 12.1. The van der Waals surface area contributed by atoms with Gasteiger partial charge in [0.25, 0.3) is 0 Å². The maximum Gasteiger partial charge on any atom is 0.0402 e. The van der Waals surface area contributed by atoms with Crippen molar-refractivity contribution in [1.29, 1.82) is 0 Å². The van der Waals surface area contributed by atoms with E-state index in [1.54, 1.807) is 6.92 Å². The molecule has 0 aliphatic heterocycles. The van der Waals surface area contributed by atoms with Gasteiger partial charge in [0.2, 0.25) is 0 Å². The Hall–Kier alpha value is -0.0800. The molecule has 0 bridgehead atoms. The molecule has 0 heterocycles. The highest BCUT2D eigenvalue weighted by Gasteiger charge is 2.07. The van der Waals surface area contributed by atoms with Gasteiger partial charge in [-0.15, -0.1) is 0 Å². The van der Waals surface area contributed by atoms with Crippen molar-refractivity contribution in [2.75, 3.05) is 19.7 Å². The fourth-order valence-electron chi connectivity index (χ4n) is 1.32. The molecule has 0 unspecified atom stereocenters. The summed E-state index contributed by atoms with van der Waals surface area (Å²) in [4.78, 5) is 0. The molecule has 100 valence electrons. The van der Waals surface area contributed by atoms with E-state index in [1.165, 1.54) is 38.6 Å². The van der Waals surface area contributed by atoms with Crippen LogP contribution in [0.2, 0.25) is 0 Å². The lowest BCUT2D eigenvalue weighted by Gasteiger charge is -2.18. The third kappa shape index (κ3) is 23.6. The van der Waals surface area contributed by atoms with E-state index < -0.39 is 0 Å². The van der Waals surface area contributed by atoms with E-state index >= 15 is 0 Å². The second-order valence-corrected chi connectivity index (χ2v) is 5.47. The smallest absolute Gasteiger partial charge is 0.0402 e. The topological polar surface area (TPSA) is 32.3 Å². The summed E-state index contributed by atoms with van der Waals surface area (Å²) < 4.78 is 0. The van der Waals surface area contributed by atoms with Crippen molar-refractivity contribution >= 4 is 0 Å². The molecule has 2 nitrogen and oxygen atoms in total. The van der Waals surface area contributed by atoms with Crippen molar-refractivity contribution < 1.29 is 5.11 Å². The molecule has 0 fully saturated rings. The average molecular weight is 231 g/mol. The van der Waals surface area contributed by atoms with E-state index in [0.717, 1.165) is 6.54 Å². The Labute approximate surface area is 103 Å². The second-order valence-electron chi connectivity index (χ2n) is 5.47. The van der Waals surface area contributed by atoms with Gasteiger partial charge in [0, 0.05) is 6.61 Å². The SMILES string of the molecule is CCCCCCCNCC(C)(C)C.CCO. The Morgan fingerprint density at radius 1 is 0.938 bits per heavy atom. The molecule has 0 saturated carbocycles. The molecule has 16 heavy (non-hydrogen) atoms. The summed E-state index contributed by atoms with van der Waals surface area (Å²) in [5, 5.41) is 11.1. The summed E-state index contributed by atoms with van der Waals surface area (Å²) in [7, 11) is 0. The van der Waals surface area contributed by atoms with E-state index in [1.807, 2.05) is 0 Å². The number of aliphatic hydroxyl groups excluding tert-OH is 1. The van der Waals surface area contributed by atoms with Gasteiger partial charge in [-0.1, -0.05) is 53.4 Å². The molecule has 2 N–H and O–H groups in total.